The van der Waals surface area contributed by atoms with Gasteiger partial charge in [-0.2, -0.15) is 0 Å². The largest absolute Gasteiger partial charge is 0.393 e. The molecule has 0 aromatic rings. The van der Waals surface area contributed by atoms with Gasteiger partial charge in [0.25, 0.3) is 0 Å². The average Bonchev–Trinajstić information content (AvgIpc) is 2.28. The molecule has 1 aliphatic carbocycles. The standard InChI is InChI=1S/C5H12N2O7/c8-3-1-4(13-6(9)10)5(2-3)14-7(11)12/h3-5,8-12H,1-2H2/t3-,4+,5-. The molecule has 0 radical (unpaired) electrons. The molecule has 1 saturated carbocycles. The Morgan fingerprint density at radius 1 is 0.857 bits per heavy atom. The molecule has 9 nitrogen and oxygen atoms in total. The number of aliphatic hydroxyl groups excluding tert-OH is 1. The predicted octanol–water partition coefficient (Wildman–Crippen LogP) is -1.10. The normalized spacial score (nSPS) is 33.2. The first-order chi connectivity index (χ1) is 6.49. The first-order valence-corrected chi connectivity index (χ1v) is 3.86. The first kappa shape index (κ1) is 11.7. The molecule has 1 rings (SSSR count). The van der Waals surface area contributed by atoms with E-state index in [0.29, 0.717) is 0 Å². The molecule has 0 unspecified atom stereocenters. The molecule has 84 valence electrons. The van der Waals surface area contributed by atoms with E-state index in [9.17, 15) is 5.11 Å². The average molecular weight is 212 g/mol. The van der Waals surface area contributed by atoms with E-state index in [1.54, 1.807) is 0 Å². The molecule has 14 heavy (non-hydrogen) atoms. The molecule has 0 saturated heterocycles. The van der Waals surface area contributed by atoms with Crippen LogP contribution in [0.5, 0.6) is 0 Å². The minimum Gasteiger partial charge on any atom is -0.393 e. The lowest BCUT2D eigenvalue weighted by Gasteiger charge is -2.20. The molecule has 0 aromatic carbocycles. The van der Waals surface area contributed by atoms with Crippen LogP contribution in [0.25, 0.3) is 0 Å². The van der Waals surface area contributed by atoms with Crippen LogP contribution in [0.2, 0.25) is 0 Å². The van der Waals surface area contributed by atoms with Crippen LogP contribution in [0, 0.1) is 0 Å². The summed E-state index contributed by atoms with van der Waals surface area (Å²) in [5, 5.41) is 41.5. The van der Waals surface area contributed by atoms with Crippen LogP contribution in [0.15, 0.2) is 0 Å². The molecule has 9 heteroatoms. The van der Waals surface area contributed by atoms with Crippen LogP contribution in [0.4, 0.5) is 0 Å². The SMILES string of the molecule is O[C@@H]1C[C@H](ON(O)O)[C@H](ON(O)O)C1. The van der Waals surface area contributed by atoms with Crippen molar-refractivity contribution < 1.29 is 35.6 Å². The maximum absolute atomic E-state index is 9.17. The van der Waals surface area contributed by atoms with E-state index < -0.39 is 29.1 Å². The molecule has 3 atom stereocenters. The summed E-state index contributed by atoms with van der Waals surface area (Å²) in [6.45, 7) is 0. The van der Waals surface area contributed by atoms with Crippen LogP contribution < -0.4 is 0 Å². The van der Waals surface area contributed by atoms with Crippen molar-refractivity contribution in [3.8, 4) is 0 Å². The smallest absolute Gasteiger partial charge is 0.115 e. The second-order valence-electron chi connectivity index (χ2n) is 2.92. The molecule has 0 heterocycles. The van der Waals surface area contributed by atoms with Gasteiger partial charge < -0.3 is 5.11 Å². The van der Waals surface area contributed by atoms with Crippen LogP contribution in [0.3, 0.4) is 0 Å². The highest BCUT2D eigenvalue weighted by Crippen LogP contribution is 2.25. The summed E-state index contributed by atoms with van der Waals surface area (Å²) < 4.78 is 0. The van der Waals surface area contributed by atoms with E-state index in [1.807, 2.05) is 0 Å². The summed E-state index contributed by atoms with van der Waals surface area (Å²) in [7, 11) is 0. The minimum absolute atomic E-state index is 0.0934. The summed E-state index contributed by atoms with van der Waals surface area (Å²) in [6.07, 6.45) is -2.32. The number of aliphatic hydroxyl groups is 1. The van der Waals surface area contributed by atoms with Crippen LogP contribution in [0.1, 0.15) is 12.8 Å². The van der Waals surface area contributed by atoms with Crippen molar-refractivity contribution in [3.05, 3.63) is 0 Å². The lowest BCUT2D eigenvalue weighted by molar-refractivity contribution is -0.535. The number of hydrogen-bond donors (Lipinski definition) is 5. The quantitative estimate of drug-likeness (QED) is 0.369. The summed E-state index contributed by atoms with van der Waals surface area (Å²) >= 11 is 0. The Labute approximate surface area is 78.6 Å². The third kappa shape index (κ3) is 3.42. The van der Waals surface area contributed by atoms with Crippen LogP contribution in [-0.2, 0) is 9.68 Å². The minimum atomic E-state index is -0.873. The van der Waals surface area contributed by atoms with Gasteiger partial charge in [-0.15, -0.1) is 0 Å². The molecular formula is C5H12N2O7. The van der Waals surface area contributed by atoms with Crippen molar-refractivity contribution in [1.82, 2.24) is 10.8 Å². The van der Waals surface area contributed by atoms with Crippen LogP contribution in [-0.4, -0.2) is 55.0 Å². The Morgan fingerprint density at radius 3 is 1.50 bits per heavy atom. The molecule has 0 amide bonds. The molecular weight excluding hydrogens is 200 g/mol. The molecule has 0 spiro atoms. The van der Waals surface area contributed by atoms with Crippen molar-refractivity contribution in [3.63, 3.8) is 0 Å². The lowest BCUT2D eigenvalue weighted by Crippen LogP contribution is -2.35. The van der Waals surface area contributed by atoms with Gasteiger partial charge in [0.1, 0.15) is 12.2 Å². The Morgan fingerprint density at radius 2 is 1.21 bits per heavy atom. The number of hydrogen-bond acceptors (Lipinski definition) is 9. The Kier molecular flexibility index (Phi) is 4.12. The van der Waals surface area contributed by atoms with Crippen molar-refractivity contribution in [2.24, 2.45) is 0 Å². The summed E-state index contributed by atoms with van der Waals surface area (Å²) in [6, 6.07) is 0. The van der Waals surface area contributed by atoms with Gasteiger partial charge in [0.05, 0.1) is 16.9 Å². The van der Waals surface area contributed by atoms with E-state index in [1.165, 1.54) is 0 Å². The van der Waals surface area contributed by atoms with Crippen molar-refractivity contribution in [1.29, 1.82) is 0 Å². The topological polar surface area (TPSA) is 126 Å². The predicted molar refractivity (Wildman–Crippen MR) is 35.8 cm³/mol. The van der Waals surface area contributed by atoms with Gasteiger partial charge in [-0.25, -0.2) is 9.68 Å². The Hall–Kier alpha value is -0.360. The summed E-state index contributed by atoms with van der Waals surface area (Å²) in [5.41, 5.74) is 0. The molecule has 1 fully saturated rings. The van der Waals surface area contributed by atoms with E-state index in [0.717, 1.165) is 0 Å². The molecule has 0 bridgehead atoms. The molecule has 1 aliphatic rings. The first-order valence-electron chi connectivity index (χ1n) is 3.86. The van der Waals surface area contributed by atoms with E-state index in [-0.39, 0.29) is 12.8 Å². The van der Waals surface area contributed by atoms with Gasteiger partial charge in [-0.05, 0) is 0 Å². The second kappa shape index (κ2) is 4.93. The zero-order valence-corrected chi connectivity index (χ0v) is 7.09. The van der Waals surface area contributed by atoms with Crippen molar-refractivity contribution in [2.75, 3.05) is 0 Å². The fraction of sp³-hybridized carbons (Fsp3) is 1.00. The van der Waals surface area contributed by atoms with Gasteiger partial charge in [0.2, 0.25) is 0 Å². The Bertz CT molecular complexity index is 159. The highest BCUT2D eigenvalue weighted by Gasteiger charge is 2.38. The fourth-order valence-electron chi connectivity index (χ4n) is 1.40. The van der Waals surface area contributed by atoms with Crippen molar-refractivity contribution >= 4 is 0 Å². The lowest BCUT2D eigenvalue weighted by atomic mass is 10.3. The summed E-state index contributed by atoms with van der Waals surface area (Å²) in [4.78, 5) is 8.81. The number of nitrogens with zero attached hydrogens (tertiary/aromatic N) is 2. The maximum atomic E-state index is 9.17. The van der Waals surface area contributed by atoms with Crippen molar-refractivity contribution in [2.45, 2.75) is 31.2 Å². The van der Waals surface area contributed by atoms with Gasteiger partial charge in [0.15, 0.2) is 0 Å². The highest BCUT2D eigenvalue weighted by atomic mass is 17.1. The van der Waals surface area contributed by atoms with E-state index in [2.05, 4.69) is 9.68 Å². The zero-order chi connectivity index (χ0) is 10.7. The van der Waals surface area contributed by atoms with Crippen LogP contribution >= 0.6 is 0 Å². The molecule has 5 N–H and O–H groups in total. The number of rotatable bonds is 4. The van der Waals surface area contributed by atoms with Gasteiger partial charge in [0, 0.05) is 12.8 Å². The summed E-state index contributed by atoms with van der Waals surface area (Å²) in [5.74, 6) is 0. The third-order valence-electron chi connectivity index (χ3n) is 1.88. The fourth-order valence-corrected chi connectivity index (χ4v) is 1.40. The zero-order valence-electron chi connectivity index (χ0n) is 7.09. The van der Waals surface area contributed by atoms with Gasteiger partial charge in [-0.1, -0.05) is 0 Å². The highest BCUT2D eigenvalue weighted by molar-refractivity contribution is 4.84. The van der Waals surface area contributed by atoms with E-state index in [4.69, 9.17) is 20.8 Å². The third-order valence-corrected chi connectivity index (χ3v) is 1.88. The van der Waals surface area contributed by atoms with E-state index >= 15 is 0 Å². The molecule has 0 aromatic heterocycles. The Balaban J connectivity index is 2.45. The van der Waals surface area contributed by atoms with Gasteiger partial charge in [-0.3, -0.25) is 20.8 Å². The molecule has 0 aliphatic heterocycles. The second-order valence-corrected chi connectivity index (χ2v) is 2.92. The monoisotopic (exact) mass is 212 g/mol. The maximum Gasteiger partial charge on any atom is 0.115 e. The van der Waals surface area contributed by atoms with Gasteiger partial charge >= 0.3 is 0 Å².